The summed E-state index contributed by atoms with van der Waals surface area (Å²) in [6.45, 7) is 3.14. The van der Waals surface area contributed by atoms with Crippen molar-refractivity contribution in [3.8, 4) is 0 Å². The van der Waals surface area contributed by atoms with E-state index in [0.717, 1.165) is 19.4 Å². The first-order chi connectivity index (χ1) is 9.07. The third-order valence-electron chi connectivity index (χ3n) is 3.78. The molecule has 4 heteroatoms. The molecule has 1 aromatic carbocycles. The molecule has 1 aliphatic rings. The number of carbonyl (C=O) groups is 2. The van der Waals surface area contributed by atoms with Crippen molar-refractivity contribution in [2.75, 3.05) is 20.1 Å². The van der Waals surface area contributed by atoms with Crippen LogP contribution in [0.3, 0.4) is 0 Å². The minimum absolute atomic E-state index is 0.00966. The molecule has 4 nitrogen and oxygen atoms in total. The highest BCUT2D eigenvalue weighted by Gasteiger charge is 2.38. The molecule has 1 unspecified atom stereocenters. The SMILES string of the molecule is CNC(=O)C1(C)CCCN(C(=O)c2ccccc2)C1. The fourth-order valence-corrected chi connectivity index (χ4v) is 2.66. The van der Waals surface area contributed by atoms with Crippen LogP contribution in [0.4, 0.5) is 0 Å². The summed E-state index contributed by atoms with van der Waals surface area (Å²) in [4.78, 5) is 26.1. The van der Waals surface area contributed by atoms with Crippen LogP contribution in [0.5, 0.6) is 0 Å². The van der Waals surface area contributed by atoms with E-state index in [1.165, 1.54) is 0 Å². The summed E-state index contributed by atoms with van der Waals surface area (Å²) >= 11 is 0. The van der Waals surface area contributed by atoms with Crippen LogP contribution in [0.1, 0.15) is 30.1 Å². The van der Waals surface area contributed by atoms with Gasteiger partial charge in [0.05, 0.1) is 5.41 Å². The van der Waals surface area contributed by atoms with Crippen LogP contribution in [-0.2, 0) is 4.79 Å². The second-order valence-corrected chi connectivity index (χ2v) is 5.34. The lowest BCUT2D eigenvalue weighted by molar-refractivity contribution is -0.132. The zero-order valence-corrected chi connectivity index (χ0v) is 11.5. The first kappa shape index (κ1) is 13.6. The van der Waals surface area contributed by atoms with Gasteiger partial charge in [0.1, 0.15) is 0 Å². The third-order valence-corrected chi connectivity index (χ3v) is 3.78. The van der Waals surface area contributed by atoms with Crippen LogP contribution in [0, 0.1) is 5.41 Å². The fourth-order valence-electron chi connectivity index (χ4n) is 2.66. The van der Waals surface area contributed by atoms with E-state index in [2.05, 4.69) is 5.32 Å². The Morgan fingerprint density at radius 2 is 1.95 bits per heavy atom. The average Bonchev–Trinajstić information content (AvgIpc) is 2.46. The molecule has 19 heavy (non-hydrogen) atoms. The molecule has 1 aliphatic heterocycles. The van der Waals surface area contributed by atoms with Crippen LogP contribution < -0.4 is 5.32 Å². The summed E-state index contributed by atoms with van der Waals surface area (Å²) in [5.41, 5.74) is 0.209. The highest BCUT2D eigenvalue weighted by Crippen LogP contribution is 2.30. The Morgan fingerprint density at radius 1 is 1.26 bits per heavy atom. The van der Waals surface area contributed by atoms with Crippen molar-refractivity contribution in [2.45, 2.75) is 19.8 Å². The number of carbonyl (C=O) groups excluding carboxylic acids is 2. The van der Waals surface area contributed by atoms with Gasteiger partial charge in [0, 0.05) is 25.7 Å². The number of hydrogen-bond donors (Lipinski definition) is 1. The van der Waals surface area contributed by atoms with Gasteiger partial charge in [-0.05, 0) is 31.9 Å². The molecule has 1 N–H and O–H groups in total. The molecule has 102 valence electrons. The average molecular weight is 260 g/mol. The first-order valence-electron chi connectivity index (χ1n) is 6.63. The highest BCUT2D eigenvalue weighted by molar-refractivity contribution is 5.95. The Bertz CT molecular complexity index is 472. The highest BCUT2D eigenvalue weighted by atomic mass is 16.2. The lowest BCUT2D eigenvalue weighted by Crippen LogP contribution is -2.51. The first-order valence-corrected chi connectivity index (χ1v) is 6.63. The van der Waals surface area contributed by atoms with E-state index in [0.29, 0.717) is 12.1 Å². The van der Waals surface area contributed by atoms with Crippen molar-refractivity contribution in [2.24, 2.45) is 5.41 Å². The standard InChI is InChI=1S/C15H20N2O2/c1-15(14(19)16-2)9-6-10-17(11-15)13(18)12-7-4-3-5-8-12/h3-5,7-8H,6,9-11H2,1-2H3,(H,16,19). The van der Waals surface area contributed by atoms with Gasteiger partial charge in [0.25, 0.3) is 5.91 Å². The minimum atomic E-state index is -0.475. The third kappa shape index (κ3) is 2.78. The Balaban J connectivity index is 2.14. The molecule has 1 heterocycles. The Morgan fingerprint density at radius 3 is 2.58 bits per heavy atom. The largest absolute Gasteiger partial charge is 0.359 e. The predicted molar refractivity (Wildman–Crippen MR) is 73.8 cm³/mol. The zero-order valence-electron chi connectivity index (χ0n) is 11.5. The molecular weight excluding hydrogens is 240 g/mol. The van der Waals surface area contributed by atoms with Gasteiger partial charge in [0.2, 0.25) is 5.91 Å². The van der Waals surface area contributed by atoms with Crippen molar-refractivity contribution in [3.63, 3.8) is 0 Å². The van der Waals surface area contributed by atoms with Crippen LogP contribution in [-0.4, -0.2) is 36.9 Å². The molecule has 0 aliphatic carbocycles. The molecule has 0 radical (unpaired) electrons. The number of nitrogens with zero attached hydrogens (tertiary/aromatic N) is 1. The normalized spacial score (nSPS) is 22.9. The Kier molecular flexibility index (Phi) is 3.88. The van der Waals surface area contributed by atoms with Gasteiger partial charge in [-0.1, -0.05) is 18.2 Å². The number of amides is 2. The van der Waals surface area contributed by atoms with E-state index < -0.39 is 5.41 Å². The van der Waals surface area contributed by atoms with Crippen molar-refractivity contribution in [1.29, 1.82) is 0 Å². The molecule has 1 fully saturated rings. The van der Waals surface area contributed by atoms with Gasteiger partial charge in [-0.15, -0.1) is 0 Å². The van der Waals surface area contributed by atoms with Gasteiger partial charge in [-0.3, -0.25) is 9.59 Å². The van der Waals surface area contributed by atoms with E-state index in [9.17, 15) is 9.59 Å². The van der Waals surface area contributed by atoms with Crippen molar-refractivity contribution in [1.82, 2.24) is 10.2 Å². The van der Waals surface area contributed by atoms with E-state index in [1.54, 1.807) is 11.9 Å². The maximum atomic E-state index is 12.4. The smallest absolute Gasteiger partial charge is 0.253 e. The lowest BCUT2D eigenvalue weighted by Gasteiger charge is -2.39. The van der Waals surface area contributed by atoms with Gasteiger partial charge in [-0.2, -0.15) is 0 Å². The molecule has 1 atom stereocenters. The maximum absolute atomic E-state index is 12.4. The number of piperidine rings is 1. The molecule has 0 bridgehead atoms. The topological polar surface area (TPSA) is 49.4 Å². The molecule has 1 aromatic rings. The molecular formula is C15H20N2O2. The monoisotopic (exact) mass is 260 g/mol. The van der Waals surface area contributed by atoms with Gasteiger partial charge >= 0.3 is 0 Å². The number of hydrogen-bond acceptors (Lipinski definition) is 2. The van der Waals surface area contributed by atoms with Crippen molar-refractivity contribution in [3.05, 3.63) is 35.9 Å². The molecule has 0 aromatic heterocycles. The zero-order chi connectivity index (χ0) is 13.9. The second kappa shape index (κ2) is 5.43. The lowest BCUT2D eigenvalue weighted by atomic mass is 9.81. The van der Waals surface area contributed by atoms with Crippen molar-refractivity contribution >= 4 is 11.8 Å². The number of rotatable bonds is 2. The van der Waals surface area contributed by atoms with E-state index in [-0.39, 0.29) is 11.8 Å². The summed E-state index contributed by atoms with van der Waals surface area (Å²) < 4.78 is 0. The van der Waals surface area contributed by atoms with Crippen LogP contribution in [0.15, 0.2) is 30.3 Å². The van der Waals surface area contributed by atoms with E-state index >= 15 is 0 Å². The Hall–Kier alpha value is -1.84. The molecule has 1 saturated heterocycles. The number of nitrogens with one attached hydrogen (secondary N) is 1. The van der Waals surface area contributed by atoms with Crippen LogP contribution in [0.25, 0.3) is 0 Å². The Labute approximate surface area is 113 Å². The van der Waals surface area contributed by atoms with Gasteiger partial charge in [-0.25, -0.2) is 0 Å². The second-order valence-electron chi connectivity index (χ2n) is 5.34. The number of benzene rings is 1. The molecule has 2 amide bonds. The summed E-state index contributed by atoms with van der Waals surface area (Å²) in [5.74, 6) is 0.0217. The van der Waals surface area contributed by atoms with Crippen LogP contribution >= 0.6 is 0 Å². The summed E-state index contributed by atoms with van der Waals surface area (Å²) in [5, 5.41) is 2.70. The molecule has 0 saturated carbocycles. The van der Waals surface area contributed by atoms with E-state index in [4.69, 9.17) is 0 Å². The molecule has 0 spiro atoms. The summed E-state index contributed by atoms with van der Waals surface area (Å²) in [6.07, 6.45) is 1.69. The summed E-state index contributed by atoms with van der Waals surface area (Å²) in [6, 6.07) is 9.23. The number of likely N-dealkylation sites (tertiary alicyclic amines) is 1. The van der Waals surface area contributed by atoms with Crippen LogP contribution in [0.2, 0.25) is 0 Å². The quantitative estimate of drug-likeness (QED) is 0.879. The van der Waals surface area contributed by atoms with Crippen molar-refractivity contribution < 1.29 is 9.59 Å². The molecule has 2 rings (SSSR count). The minimum Gasteiger partial charge on any atom is -0.359 e. The van der Waals surface area contributed by atoms with Gasteiger partial charge in [0.15, 0.2) is 0 Å². The van der Waals surface area contributed by atoms with Gasteiger partial charge < -0.3 is 10.2 Å². The fraction of sp³-hybridized carbons (Fsp3) is 0.467. The maximum Gasteiger partial charge on any atom is 0.253 e. The summed E-state index contributed by atoms with van der Waals surface area (Å²) in [7, 11) is 1.64. The van der Waals surface area contributed by atoms with E-state index in [1.807, 2.05) is 37.3 Å². The predicted octanol–water partition coefficient (Wildman–Crippen LogP) is 1.67.